The number of fused-ring (bicyclic) bond motifs is 1. The van der Waals surface area contributed by atoms with Gasteiger partial charge < -0.3 is 0 Å². The van der Waals surface area contributed by atoms with Crippen LogP contribution in [0.2, 0.25) is 0 Å². The van der Waals surface area contributed by atoms with Gasteiger partial charge in [-0.1, -0.05) is 105 Å². The maximum Gasteiger partial charge on any atom is 0.131 e. The highest BCUT2D eigenvalue weighted by molar-refractivity contribution is 8.12. The molecule has 3 rings (SSSR count). The Kier molecular flexibility index (Phi) is 6.78. The van der Waals surface area contributed by atoms with E-state index in [0.717, 1.165) is 0 Å². The van der Waals surface area contributed by atoms with E-state index in [1.807, 2.05) is 34.4 Å². The van der Waals surface area contributed by atoms with Crippen molar-refractivity contribution in [3.8, 4) is 0 Å². The Morgan fingerprint density at radius 1 is 0.931 bits per heavy atom. The van der Waals surface area contributed by atoms with E-state index in [9.17, 15) is 0 Å². The van der Waals surface area contributed by atoms with Crippen LogP contribution in [-0.4, -0.2) is 4.98 Å². The topological polar surface area (TPSA) is 12.9 Å². The second-order valence-corrected chi connectivity index (χ2v) is 14.1. The van der Waals surface area contributed by atoms with E-state index < -0.39 is 0 Å². The highest BCUT2D eigenvalue weighted by Crippen LogP contribution is 2.52. The predicted molar refractivity (Wildman–Crippen MR) is 136 cm³/mol. The van der Waals surface area contributed by atoms with Gasteiger partial charge in [-0.15, -0.1) is 22.7 Å². The lowest BCUT2D eigenvalue weighted by Gasteiger charge is -2.34. The molecule has 0 aromatic carbocycles. The van der Waals surface area contributed by atoms with Crippen molar-refractivity contribution in [2.45, 2.75) is 92.9 Å². The van der Waals surface area contributed by atoms with Gasteiger partial charge in [0.25, 0.3) is 0 Å². The Morgan fingerprint density at radius 2 is 1.66 bits per heavy atom. The number of thiophene rings is 1. The zero-order valence-electron chi connectivity index (χ0n) is 19.4. The van der Waals surface area contributed by atoms with Crippen LogP contribution in [0.15, 0.2) is 23.1 Å². The largest absolute Gasteiger partial charge is 0.235 e. The minimum absolute atomic E-state index is 0.132. The lowest BCUT2D eigenvalue weighted by Crippen LogP contribution is -2.18. The van der Waals surface area contributed by atoms with Crippen molar-refractivity contribution < 1.29 is 0 Å². The molecule has 2 aromatic rings. The molecule has 0 saturated heterocycles. The van der Waals surface area contributed by atoms with Gasteiger partial charge in [0, 0.05) is 15.2 Å². The van der Waals surface area contributed by atoms with Crippen molar-refractivity contribution in [2.75, 3.05) is 0 Å². The minimum atomic E-state index is 0.132. The first kappa shape index (κ1) is 23.1. The summed E-state index contributed by atoms with van der Waals surface area (Å²) in [6.07, 6.45) is 11.6. The number of hydrogen-bond donors (Lipinski definition) is 0. The van der Waals surface area contributed by atoms with Crippen LogP contribution in [0, 0.1) is 10.8 Å². The summed E-state index contributed by atoms with van der Waals surface area (Å²) >= 11 is 5.74. The summed E-state index contributed by atoms with van der Waals surface area (Å²) in [5.74, 6) is 0. The van der Waals surface area contributed by atoms with Gasteiger partial charge >= 0.3 is 0 Å². The van der Waals surface area contributed by atoms with Gasteiger partial charge in [0.05, 0.1) is 5.52 Å². The summed E-state index contributed by atoms with van der Waals surface area (Å²) < 4.78 is 1.36. The molecule has 1 aliphatic rings. The third-order valence-corrected chi connectivity index (χ3v) is 9.84. The Labute approximate surface area is 190 Å². The zero-order chi connectivity index (χ0) is 21.4. The average molecular weight is 448 g/mol. The maximum atomic E-state index is 5.07. The van der Waals surface area contributed by atoms with Crippen LogP contribution in [-0.2, 0) is 5.41 Å². The van der Waals surface area contributed by atoms with E-state index in [0.29, 0.717) is 0 Å². The number of rotatable bonds is 6. The van der Waals surface area contributed by atoms with Crippen LogP contribution >= 0.6 is 34.4 Å². The molecule has 0 amide bonds. The molecule has 0 saturated carbocycles. The Hall–Kier alpha value is -0.580. The standard InChI is InChI=1S/C25H37NS3/c1-9-10-11-12-13-25(8)15-18(27-20(16-25)24(5,6)7)21-26-17-14-19(23(2,3)4)28-22(17)29-21/h14-16H,9-13H2,1-8H3. The smallest absolute Gasteiger partial charge is 0.131 e. The SMILES string of the molecule is CCCCCCC1(C)C=C(c2nc3cc(C(C)(C)C)sc3s2)SC(C(C)(C)C)=C1. The van der Waals surface area contributed by atoms with Crippen LogP contribution in [0.3, 0.4) is 0 Å². The van der Waals surface area contributed by atoms with Crippen molar-refractivity contribution in [1.82, 2.24) is 4.98 Å². The van der Waals surface area contributed by atoms with Crippen molar-refractivity contribution >= 4 is 48.9 Å². The fourth-order valence-electron chi connectivity index (χ4n) is 3.58. The van der Waals surface area contributed by atoms with Gasteiger partial charge in [0.1, 0.15) is 9.02 Å². The van der Waals surface area contributed by atoms with Crippen molar-refractivity contribution in [1.29, 1.82) is 0 Å². The zero-order valence-corrected chi connectivity index (χ0v) is 21.9. The van der Waals surface area contributed by atoms with Gasteiger partial charge in [-0.2, -0.15) is 0 Å². The number of allylic oxidation sites excluding steroid dienone is 3. The molecule has 0 radical (unpaired) electrons. The molecule has 1 atom stereocenters. The molecule has 3 heterocycles. The van der Waals surface area contributed by atoms with Gasteiger partial charge in [-0.05, 0) is 28.2 Å². The molecular formula is C25H37NS3. The second-order valence-electron chi connectivity index (χ2n) is 10.7. The van der Waals surface area contributed by atoms with E-state index in [1.54, 1.807) is 0 Å². The van der Waals surface area contributed by atoms with Gasteiger partial charge in [-0.25, -0.2) is 4.98 Å². The first-order valence-corrected chi connectivity index (χ1v) is 13.4. The normalized spacial score (nSPS) is 20.8. The predicted octanol–water partition coefficient (Wildman–Crippen LogP) is 9.65. The summed E-state index contributed by atoms with van der Waals surface area (Å²) in [4.78, 5) is 9.35. The van der Waals surface area contributed by atoms with Crippen molar-refractivity contribution in [3.05, 3.63) is 33.0 Å². The second kappa shape index (κ2) is 8.51. The van der Waals surface area contributed by atoms with E-state index in [2.05, 4.69) is 73.6 Å². The molecule has 4 heteroatoms. The average Bonchev–Trinajstić information content (AvgIpc) is 3.16. The summed E-state index contributed by atoms with van der Waals surface area (Å²) in [6, 6.07) is 2.30. The fraction of sp³-hybridized carbons (Fsp3) is 0.640. The molecule has 160 valence electrons. The minimum Gasteiger partial charge on any atom is -0.235 e. The summed E-state index contributed by atoms with van der Waals surface area (Å²) in [5.41, 5.74) is 1.68. The number of aromatic nitrogens is 1. The quantitative estimate of drug-likeness (QED) is 0.409. The van der Waals surface area contributed by atoms with E-state index in [4.69, 9.17) is 4.98 Å². The lowest BCUT2D eigenvalue weighted by molar-refractivity contribution is 0.446. The van der Waals surface area contributed by atoms with E-state index in [-0.39, 0.29) is 16.2 Å². The van der Waals surface area contributed by atoms with Crippen LogP contribution in [0.25, 0.3) is 14.4 Å². The summed E-state index contributed by atoms with van der Waals surface area (Å²) in [7, 11) is 0. The Morgan fingerprint density at radius 3 is 2.24 bits per heavy atom. The number of thiazole rings is 1. The van der Waals surface area contributed by atoms with Gasteiger partial charge in [0.2, 0.25) is 0 Å². The molecule has 2 aromatic heterocycles. The van der Waals surface area contributed by atoms with Crippen LogP contribution in [0.5, 0.6) is 0 Å². The Balaban J connectivity index is 1.92. The monoisotopic (exact) mass is 447 g/mol. The Bertz CT molecular complexity index is 883. The molecule has 1 nitrogen and oxygen atoms in total. The third kappa shape index (κ3) is 5.57. The molecule has 0 bridgehead atoms. The maximum absolute atomic E-state index is 5.07. The lowest BCUT2D eigenvalue weighted by atomic mass is 9.80. The number of unbranched alkanes of at least 4 members (excludes halogenated alkanes) is 3. The highest BCUT2D eigenvalue weighted by atomic mass is 32.2. The molecule has 0 N–H and O–H groups in total. The number of nitrogens with zero attached hydrogens (tertiary/aromatic N) is 1. The van der Waals surface area contributed by atoms with E-state index in [1.165, 1.54) is 61.3 Å². The van der Waals surface area contributed by atoms with E-state index >= 15 is 0 Å². The molecular weight excluding hydrogens is 410 g/mol. The van der Waals surface area contributed by atoms with Gasteiger partial charge in [-0.3, -0.25) is 0 Å². The fourth-order valence-corrected chi connectivity index (χ4v) is 7.41. The first-order valence-electron chi connectivity index (χ1n) is 11.0. The van der Waals surface area contributed by atoms with Crippen molar-refractivity contribution in [2.24, 2.45) is 10.8 Å². The molecule has 1 unspecified atom stereocenters. The molecule has 29 heavy (non-hydrogen) atoms. The molecule has 0 fully saturated rings. The number of thioether (sulfide) groups is 1. The van der Waals surface area contributed by atoms with Crippen LogP contribution in [0.1, 0.15) is 97.4 Å². The number of hydrogen-bond acceptors (Lipinski definition) is 4. The summed E-state index contributed by atoms with van der Waals surface area (Å²) in [5, 5.41) is 1.20. The molecule has 0 spiro atoms. The molecule has 0 aliphatic carbocycles. The third-order valence-electron chi connectivity index (χ3n) is 5.49. The van der Waals surface area contributed by atoms with Crippen molar-refractivity contribution in [3.63, 3.8) is 0 Å². The molecule has 1 aliphatic heterocycles. The van der Waals surface area contributed by atoms with Crippen LogP contribution < -0.4 is 0 Å². The first-order chi connectivity index (χ1) is 13.4. The van der Waals surface area contributed by atoms with Gasteiger partial charge in [0.15, 0.2) is 0 Å². The van der Waals surface area contributed by atoms with Crippen LogP contribution in [0.4, 0.5) is 0 Å². The summed E-state index contributed by atoms with van der Waals surface area (Å²) in [6.45, 7) is 18.6. The highest BCUT2D eigenvalue weighted by Gasteiger charge is 2.32.